The molecule has 0 aromatic heterocycles. The Labute approximate surface area is 84.2 Å². The molecule has 1 fully saturated rings. The second-order valence-electron chi connectivity index (χ2n) is 4.06. The Morgan fingerprint density at radius 2 is 2.14 bits per heavy atom. The van der Waals surface area contributed by atoms with Gasteiger partial charge in [0.2, 0.25) is 0 Å². The molecule has 1 aliphatic heterocycles. The van der Waals surface area contributed by atoms with Crippen LogP contribution in [0.25, 0.3) is 0 Å². The smallest absolute Gasteiger partial charge is 0.308 e. The fraction of sp³-hybridized carbons (Fsp3) is 0.900. The second kappa shape index (κ2) is 4.75. The summed E-state index contributed by atoms with van der Waals surface area (Å²) in [6, 6.07) is 0. The van der Waals surface area contributed by atoms with Gasteiger partial charge in [-0.15, -0.1) is 0 Å². The molecule has 1 aliphatic rings. The van der Waals surface area contributed by atoms with E-state index in [1.54, 1.807) is 0 Å². The van der Waals surface area contributed by atoms with Crippen molar-refractivity contribution < 1.29 is 19.4 Å². The maximum absolute atomic E-state index is 11.0. The van der Waals surface area contributed by atoms with Gasteiger partial charge < -0.3 is 14.6 Å². The number of carbonyl (C=O) groups is 1. The molecule has 1 heterocycles. The van der Waals surface area contributed by atoms with Crippen molar-refractivity contribution in [2.24, 2.45) is 5.41 Å². The van der Waals surface area contributed by atoms with Crippen LogP contribution < -0.4 is 0 Å². The predicted octanol–water partition coefficient (Wildman–Crippen LogP) is 0.727. The number of rotatable bonds is 3. The van der Waals surface area contributed by atoms with E-state index in [0.717, 1.165) is 12.8 Å². The van der Waals surface area contributed by atoms with Gasteiger partial charge in [-0.05, 0) is 18.3 Å². The molecule has 0 unspecified atom stereocenters. The van der Waals surface area contributed by atoms with E-state index < -0.39 is 6.10 Å². The van der Waals surface area contributed by atoms with Gasteiger partial charge in [0, 0.05) is 13.2 Å². The zero-order chi connectivity index (χ0) is 10.6. The first-order chi connectivity index (χ1) is 6.58. The monoisotopic (exact) mass is 202 g/mol. The van der Waals surface area contributed by atoms with Crippen LogP contribution >= 0.6 is 0 Å². The third kappa shape index (κ3) is 2.69. The first-order valence-electron chi connectivity index (χ1n) is 4.91. The number of aliphatic hydroxyl groups is 1. The highest BCUT2D eigenvalue weighted by Crippen LogP contribution is 2.34. The molecule has 14 heavy (non-hydrogen) atoms. The SMILES string of the molecule is COC(=O)C[C@H](O)C1(C)CCOCC1. The summed E-state index contributed by atoms with van der Waals surface area (Å²) in [5.74, 6) is -0.356. The van der Waals surface area contributed by atoms with Gasteiger partial charge in [0.05, 0.1) is 19.6 Å². The van der Waals surface area contributed by atoms with Crippen molar-refractivity contribution in [2.75, 3.05) is 20.3 Å². The fourth-order valence-corrected chi connectivity index (χ4v) is 1.66. The van der Waals surface area contributed by atoms with Crippen molar-refractivity contribution in [2.45, 2.75) is 32.3 Å². The average Bonchev–Trinajstić information content (AvgIpc) is 2.18. The van der Waals surface area contributed by atoms with Crippen LogP contribution in [-0.2, 0) is 14.3 Å². The van der Waals surface area contributed by atoms with Crippen LogP contribution in [0.2, 0.25) is 0 Å². The standard InChI is InChI=1S/C10H18O4/c1-10(3-5-14-6-4-10)8(11)7-9(12)13-2/h8,11H,3-7H2,1-2H3/t8-/m0/s1. The first kappa shape index (κ1) is 11.5. The first-order valence-corrected chi connectivity index (χ1v) is 4.91. The minimum Gasteiger partial charge on any atom is -0.469 e. The van der Waals surface area contributed by atoms with Crippen LogP contribution in [0.5, 0.6) is 0 Å². The summed E-state index contributed by atoms with van der Waals surface area (Å²) in [5, 5.41) is 9.88. The van der Waals surface area contributed by atoms with E-state index >= 15 is 0 Å². The average molecular weight is 202 g/mol. The summed E-state index contributed by atoms with van der Waals surface area (Å²) >= 11 is 0. The lowest BCUT2D eigenvalue weighted by Gasteiger charge is -2.37. The molecule has 0 amide bonds. The minimum atomic E-state index is -0.626. The normalized spacial score (nSPS) is 22.8. The highest BCUT2D eigenvalue weighted by Gasteiger charge is 2.36. The molecular formula is C10H18O4. The van der Waals surface area contributed by atoms with Crippen molar-refractivity contribution in [1.82, 2.24) is 0 Å². The van der Waals surface area contributed by atoms with Crippen molar-refractivity contribution in [3.05, 3.63) is 0 Å². The van der Waals surface area contributed by atoms with Gasteiger partial charge in [-0.25, -0.2) is 0 Å². The van der Waals surface area contributed by atoms with Crippen LogP contribution in [0.1, 0.15) is 26.2 Å². The molecule has 82 valence electrons. The lowest BCUT2D eigenvalue weighted by Crippen LogP contribution is -2.39. The van der Waals surface area contributed by atoms with Gasteiger partial charge in [0.25, 0.3) is 0 Å². The van der Waals surface area contributed by atoms with Gasteiger partial charge >= 0.3 is 5.97 Å². The summed E-state index contributed by atoms with van der Waals surface area (Å²) in [6.45, 7) is 3.31. The van der Waals surface area contributed by atoms with Crippen molar-refractivity contribution in [1.29, 1.82) is 0 Å². The Balaban J connectivity index is 2.48. The number of aliphatic hydroxyl groups excluding tert-OH is 1. The largest absolute Gasteiger partial charge is 0.469 e. The number of ether oxygens (including phenoxy) is 2. The van der Waals surface area contributed by atoms with E-state index in [9.17, 15) is 9.90 Å². The van der Waals surface area contributed by atoms with Gasteiger partial charge in [0.1, 0.15) is 0 Å². The summed E-state index contributed by atoms with van der Waals surface area (Å²) in [7, 11) is 1.33. The summed E-state index contributed by atoms with van der Waals surface area (Å²) < 4.78 is 9.75. The van der Waals surface area contributed by atoms with Crippen LogP contribution in [0.3, 0.4) is 0 Å². The molecule has 0 aromatic carbocycles. The summed E-state index contributed by atoms with van der Waals surface area (Å²) in [5.41, 5.74) is -0.202. The molecule has 1 atom stereocenters. The number of hydrogen-bond donors (Lipinski definition) is 1. The van der Waals surface area contributed by atoms with Gasteiger partial charge in [-0.1, -0.05) is 6.92 Å². The second-order valence-corrected chi connectivity index (χ2v) is 4.06. The number of methoxy groups -OCH3 is 1. The van der Waals surface area contributed by atoms with Crippen molar-refractivity contribution >= 4 is 5.97 Å². The zero-order valence-electron chi connectivity index (χ0n) is 8.78. The summed E-state index contributed by atoms with van der Waals surface area (Å²) in [6.07, 6.45) is 1.04. The van der Waals surface area contributed by atoms with E-state index in [0.29, 0.717) is 13.2 Å². The quantitative estimate of drug-likeness (QED) is 0.685. The van der Waals surface area contributed by atoms with Gasteiger partial charge in [-0.2, -0.15) is 0 Å². The van der Waals surface area contributed by atoms with Gasteiger partial charge in [-0.3, -0.25) is 4.79 Å². The van der Waals surface area contributed by atoms with Gasteiger partial charge in [0.15, 0.2) is 0 Å². The lowest BCUT2D eigenvalue weighted by atomic mass is 9.76. The Hall–Kier alpha value is -0.610. The Morgan fingerprint density at radius 1 is 1.57 bits per heavy atom. The van der Waals surface area contributed by atoms with E-state index in [1.807, 2.05) is 6.92 Å². The lowest BCUT2D eigenvalue weighted by molar-refractivity contribution is -0.146. The van der Waals surface area contributed by atoms with Crippen LogP contribution in [0.4, 0.5) is 0 Å². The molecule has 1 rings (SSSR count). The molecule has 0 aromatic rings. The molecule has 1 saturated heterocycles. The molecular weight excluding hydrogens is 184 g/mol. The Morgan fingerprint density at radius 3 is 2.64 bits per heavy atom. The highest BCUT2D eigenvalue weighted by molar-refractivity contribution is 5.69. The Kier molecular flexibility index (Phi) is 3.89. The number of esters is 1. The topological polar surface area (TPSA) is 55.8 Å². The molecule has 0 aliphatic carbocycles. The minimum absolute atomic E-state index is 0.0764. The molecule has 1 N–H and O–H groups in total. The summed E-state index contributed by atoms with van der Waals surface area (Å²) in [4.78, 5) is 11.0. The van der Waals surface area contributed by atoms with E-state index in [1.165, 1.54) is 7.11 Å². The molecule has 0 radical (unpaired) electrons. The van der Waals surface area contributed by atoms with Crippen LogP contribution in [0, 0.1) is 5.41 Å². The van der Waals surface area contributed by atoms with Crippen LogP contribution in [-0.4, -0.2) is 37.5 Å². The predicted molar refractivity (Wildman–Crippen MR) is 50.8 cm³/mol. The molecule has 0 saturated carbocycles. The maximum Gasteiger partial charge on any atom is 0.308 e. The molecule has 4 heteroatoms. The van der Waals surface area contributed by atoms with E-state index in [4.69, 9.17) is 4.74 Å². The van der Waals surface area contributed by atoms with E-state index in [2.05, 4.69) is 4.74 Å². The number of hydrogen-bond acceptors (Lipinski definition) is 4. The molecule has 0 bridgehead atoms. The number of carbonyl (C=O) groups excluding carboxylic acids is 1. The van der Waals surface area contributed by atoms with Crippen LogP contribution in [0.15, 0.2) is 0 Å². The van der Waals surface area contributed by atoms with E-state index in [-0.39, 0.29) is 17.8 Å². The fourth-order valence-electron chi connectivity index (χ4n) is 1.66. The zero-order valence-corrected chi connectivity index (χ0v) is 8.78. The highest BCUT2D eigenvalue weighted by atomic mass is 16.5. The van der Waals surface area contributed by atoms with Crippen molar-refractivity contribution in [3.63, 3.8) is 0 Å². The third-order valence-corrected chi connectivity index (χ3v) is 3.03. The molecule has 4 nitrogen and oxygen atoms in total. The maximum atomic E-state index is 11.0. The Bertz CT molecular complexity index is 196. The molecule has 0 spiro atoms. The van der Waals surface area contributed by atoms with Crippen molar-refractivity contribution in [3.8, 4) is 0 Å². The third-order valence-electron chi connectivity index (χ3n) is 3.03.